The van der Waals surface area contributed by atoms with Gasteiger partial charge in [-0.2, -0.15) is 0 Å². The minimum atomic E-state index is -0.172. The second-order valence-electron chi connectivity index (χ2n) is 5.62. The number of aliphatic hydroxyl groups is 1. The Balaban J connectivity index is 1.88. The summed E-state index contributed by atoms with van der Waals surface area (Å²) in [5.74, 6) is 0.642. The van der Waals surface area contributed by atoms with Crippen molar-refractivity contribution in [1.29, 1.82) is 0 Å². The Hall–Kier alpha value is -1.24. The molecule has 0 unspecified atom stereocenters. The van der Waals surface area contributed by atoms with Crippen molar-refractivity contribution in [3.63, 3.8) is 0 Å². The molecule has 0 spiro atoms. The van der Waals surface area contributed by atoms with Crippen molar-refractivity contribution in [3.05, 3.63) is 26.6 Å². The van der Waals surface area contributed by atoms with E-state index in [0.717, 1.165) is 34.5 Å². The predicted octanol–water partition coefficient (Wildman–Crippen LogP) is 1.61. The molecule has 0 atom stereocenters. The Morgan fingerprint density at radius 1 is 1.45 bits per heavy atom. The Morgan fingerprint density at radius 3 is 2.80 bits per heavy atom. The van der Waals surface area contributed by atoms with Crippen LogP contribution in [-0.2, 0) is 6.54 Å². The van der Waals surface area contributed by atoms with E-state index in [1.54, 1.807) is 11.3 Å². The molecule has 1 aliphatic carbocycles. The summed E-state index contributed by atoms with van der Waals surface area (Å²) in [6, 6.07) is 0. The largest absolute Gasteiger partial charge is 0.394 e. The second-order valence-corrected chi connectivity index (χ2v) is 6.82. The van der Waals surface area contributed by atoms with Crippen molar-refractivity contribution in [2.45, 2.75) is 45.2 Å². The number of nitrogens with one attached hydrogen (secondary N) is 2. The van der Waals surface area contributed by atoms with Gasteiger partial charge >= 0.3 is 0 Å². The predicted molar refractivity (Wildman–Crippen MR) is 80.2 cm³/mol. The molecule has 5 nitrogen and oxygen atoms in total. The van der Waals surface area contributed by atoms with E-state index in [0.29, 0.717) is 17.8 Å². The maximum absolute atomic E-state index is 12.1. The van der Waals surface area contributed by atoms with E-state index in [1.165, 1.54) is 0 Å². The molecular formula is C14H19N3O2S. The molecule has 0 radical (unpaired) electrons. The third kappa shape index (κ3) is 2.17. The highest BCUT2D eigenvalue weighted by molar-refractivity contribution is 7.18. The van der Waals surface area contributed by atoms with Crippen LogP contribution < -0.4 is 10.9 Å². The molecular weight excluding hydrogens is 274 g/mol. The Morgan fingerprint density at radius 2 is 2.20 bits per heavy atom. The standard InChI is InChI=1S/C14H19N3O2S/c1-8-9(2)20-13-11(8)12(19)16-10(17-13)6-15-14(7-18)4-3-5-14/h15,18H,3-7H2,1-2H3,(H,16,17,19). The molecule has 0 amide bonds. The molecule has 0 bridgehead atoms. The summed E-state index contributed by atoms with van der Waals surface area (Å²) in [6.07, 6.45) is 3.10. The molecule has 0 aromatic carbocycles. The lowest BCUT2D eigenvalue weighted by Crippen LogP contribution is -2.53. The number of hydrogen-bond donors (Lipinski definition) is 3. The van der Waals surface area contributed by atoms with Crippen LogP contribution in [0, 0.1) is 13.8 Å². The number of aromatic nitrogens is 2. The van der Waals surface area contributed by atoms with E-state index < -0.39 is 0 Å². The van der Waals surface area contributed by atoms with Crippen LogP contribution in [0.2, 0.25) is 0 Å². The summed E-state index contributed by atoms with van der Waals surface area (Å²) in [6.45, 7) is 4.59. The maximum Gasteiger partial charge on any atom is 0.259 e. The van der Waals surface area contributed by atoms with Gasteiger partial charge in [0.2, 0.25) is 0 Å². The topological polar surface area (TPSA) is 78.0 Å². The van der Waals surface area contributed by atoms with Gasteiger partial charge in [0.1, 0.15) is 10.7 Å². The van der Waals surface area contributed by atoms with Crippen LogP contribution in [0.25, 0.3) is 10.2 Å². The molecule has 20 heavy (non-hydrogen) atoms. The second kappa shape index (κ2) is 4.95. The van der Waals surface area contributed by atoms with Crippen LogP contribution in [0.5, 0.6) is 0 Å². The number of aromatic amines is 1. The van der Waals surface area contributed by atoms with E-state index in [2.05, 4.69) is 15.3 Å². The highest BCUT2D eigenvalue weighted by Crippen LogP contribution is 2.31. The van der Waals surface area contributed by atoms with Crippen molar-refractivity contribution in [2.75, 3.05) is 6.61 Å². The summed E-state index contributed by atoms with van der Waals surface area (Å²) >= 11 is 1.56. The quantitative estimate of drug-likeness (QED) is 0.800. The summed E-state index contributed by atoms with van der Waals surface area (Å²) in [4.78, 5) is 21.5. The molecule has 2 aromatic rings. The first kappa shape index (κ1) is 13.7. The molecule has 0 saturated heterocycles. The van der Waals surface area contributed by atoms with Gasteiger partial charge in [-0.15, -0.1) is 11.3 Å². The molecule has 2 heterocycles. The molecule has 3 rings (SSSR count). The van der Waals surface area contributed by atoms with E-state index in [4.69, 9.17) is 0 Å². The fourth-order valence-electron chi connectivity index (χ4n) is 2.65. The SMILES string of the molecule is Cc1sc2nc(CNC3(CO)CCC3)[nH]c(=O)c2c1C. The highest BCUT2D eigenvalue weighted by atomic mass is 32.1. The average Bonchev–Trinajstić information content (AvgIpc) is 2.64. The smallest absolute Gasteiger partial charge is 0.259 e. The van der Waals surface area contributed by atoms with Crippen LogP contribution in [0.15, 0.2) is 4.79 Å². The van der Waals surface area contributed by atoms with Gasteiger partial charge in [-0.1, -0.05) is 0 Å². The molecule has 1 aliphatic rings. The van der Waals surface area contributed by atoms with Gasteiger partial charge in [0.25, 0.3) is 5.56 Å². The van der Waals surface area contributed by atoms with E-state index in [1.807, 2.05) is 13.8 Å². The van der Waals surface area contributed by atoms with Gasteiger partial charge in [-0.05, 0) is 38.7 Å². The fourth-order valence-corrected chi connectivity index (χ4v) is 3.70. The van der Waals surface area contributed by atoms with Gasteiger partial charge < -0.3 is 15.4 Å². The number of fused-ring (bicyclic) bond motifs is 1. The molecule has 3 N–H and O–H groups in total. The van der Waals surface area contributed by atoms with Crippen molar-refractivity contribution in [1.82, 2.24) is 15.3 Å². The average molecular weight is 293 g/mol. The number of aliphatic hydroxyl groups excluding tert-OH is 1. The van der Waals surface area contributed by atoms with Gasteiger partial charge in [0.15, 0.2) is 0 Å². The van der Waals surface area contributed by atoms with Crippen LogP contribution in [0.4, 0.5) is 0 Å². The van der Waals surface area contributed by atoms with E-state index >= 15 is 0 Å². The van der Waals surface area contributed by atoms with E-state index in [-0.39, 0.29) is 17.7 Å². The molecule has 2 aromatic heterocycles. The summed E-state index contributed by atoms with van der Waals surface area (Å²) in [5, 5.41) is 13.5. The van der Waals surface area contributed by atoms with Crippen LogP contribution >= 0.6 is 11.3 Å². The first-order valence-electron chi connectivity index (χ1n) is 6.89. The summed E-state index contributed by atoms with van der Waals surface area (Å²) < 4.78 is 0. The molecule has 0 aliphatic heterocycles. The van der Waals surface area contributed by atoms with Gasteiger partial charge in [-0.3, -0.25) is 4.79 Å². The molecule has 6 heteroatoms. The van der Waals surface area contributed by atoms with Crippen molar-refractivity contribution in [3.8, 4) is 0 Å². The number of H-pyrrole nitrogens is 1. The number of thiophene rings is 1. The molecule has 1 fully saturated rings. The number of nitrogens with zero attached hydrogens (tertiary/aromatic N) is 1. The lowest BCUT2D eigenvalue weighted by atomic mass is 9.77. The zero-order valence-electron chi connectivity index (χ0n) is 11.7. The number of aryl methyl sites for hydroxylation is 2. The van der Waals surface area contributed by atoms with Gasteiger partial charge in [0, 0.05) is 10.4 Å². The lowest BCUT2D eigenvalue weighted by molar-refractivity contribution is 0.0865. The fraction of sp³-hybridized carbons (Fsp3) is 0.571. The maximum atomic E-state index is 12.1. The highest BCUT2D eigenvalue weighted by Gasteiger charge is 2.35. The first-order chi connectivity index (χ1) is 9.54. The zero-order valence-corrected chi connectivity index (χ0v) is 12.6. The van der Waals surface area contributed by atoms with Crippen molar-refractivity contribution >= 4 is 21.6 Å². The number of hydrogen-bond acceptors (Lipinski definition) is 5. The lowest BCUT2D eigenvalue weighted by Gasteiger charge is -2.41. The van der Waals surface area contributed by atoms with Crippen molar-refractivity contribution < 1.29 is 5.11 Å². The Kier molecular flexibility index (Phi) is 3.40. The minimum Gasteiger partial charge on any atom is -0.394 e. The first-order valence-corrected chi connectivity index (χ1v) is 7.71. The third-order valence-corrected chi connectivity index (χ3v) is 5.43. The van der Waals surface area contributed by atoms with Crippen LogP contribution in [-0.4, -0.2) is 27.2 Å². The molecule has 1 saturated carbocycles. The van der Waals surface area contributed by atoms with Gasteiger partial charge in [-0.25, -0.2) is 4.98 Å². The Labute approximate surface area is 121 Å². The van der Waals surface area contributed by atoms with Crippen molar-refractivity contribution in [2.24, 2.45) is 0 Å². The normalized spacial score (nSPS) is 17.4. The summed E-state index contributed by atoms with van der Waals surface area (Å²) in [7, 11) is 0. The number of rotatable bonds is 4. The zero-order chi connectivity index (χ0) is 14.3. The third-order valence-electron chi connectivity index (χ3n) is 4.33. The van der Waals surface area contributed by atoms with Crippen LogP contribution in [0.1, 0.15) is 35.5 Å². The summed E-state index contributed by atoms with van der Waals surface area (Å²) in [5.41, 5.74) is 0.777. The Bertz CT molecular complexity index is 695. The van der Waals surface area contributed by atoms with Gasteiger partial charge in [0.05, 0.1) is 18.5 Å². The van der Waals surface area contributed by atoms with Crippen LogP contribution in [0.3, 0.4) is 0 Å². The van der Waals surface area contributed by atoms with E-state index in [9.17, 15) is 9.90 Å². The molecule has 108 valence electrons. The monoisotopic (exact) mass is 293 g/mol. The minimum absolute atomic E-state index is 0.0692.